The van der Waals surface area contributed by atoms with Gasteiger partial charge in [0.1, 0.15) is 0 Å². The maximum Gasteiger partial charge on any atom is 0.293 e. The molecule has 1 fully saturated rings. The van der Waals surface area contributed by atoms with Gasteiger partial charge in [-0.05, 0) is 19.4 Å². The van der Waals surface area contributed by atoms with E-state index in [1.165, 1.54) is 6.42 Å². The maximum atomic E-state index is 4.79. The van der Waals surface area contributed by atoms with Gasteiger partial charge < -0.3 is 9.84 Å². The minimum absolute atomic E-state index is 0.296. The summed E-state index contributed by atoms with van der Waals surface area (Å²) in [6, 6.07) is 0.296. The molecule has 2 heterocycles. The van der Waals surface area contributed by atoms with E-state index < -0.39 is 0 Å². The van der Waals surface area contributed by atoms with Gasteiger partial charge in [-0.25, -0.2) is 0 Å². The van der Waals surface area contributed by atoms with Gasteiger partial charge in [0.2, 0.25) is 0 Å². The van der Waals surface area contributed by atoms with Crippen molar-refractivity contribution in [3.63, 3.8) is 0 Å². The summed E-state index contributed by atoms with van der Waals surface area (Å²) in [6.07, 6.45) is 2.29. The summed E-state index contributed by atoms with van der Waals surface area (Å²) < 4.78 is 4.79. The van der Waals surface area contributed by atoms with Gasteiger partial charge in [0.25, 0.3) is 4.80 Å². The predicted molar refractivity (Wildman–Crippen MR) is 42.0 cm³/mol. The van der Waals surface area contributed by atoms with Gasteiger partial charge in [0.15, 0.2) is 5.82 Å². The molecule has 2 rings (SSSR count). The van der Waals surface area contributed by atoms with Crippen LogP contribution in [0.25, 0.3) is 0 Å². The Morgan fingerprint density at radius 1 is 1.64 bits per heavy atom. The van der Waals surface area contributed by atoms with Crippen molar-refractivity contribution in [1.29, 1.82) is 0 Å². The Morgan fingerprint density at radius 2 is 2.55 bits per heavy atom. The molecule has 11 heavy (non-hydrogen) atoms. The topological polar surface area (TPSA) is 51.0 Å². The van der Waals surface area contributed by atoms with Crippen molar-refractivity contribution in [3.05, 3.63) is 10.6 Å². The predicted octanol–water partition coefficient (Wildman–Crippen LogP) is 1.26. The molecule has 0 saturated carbocycles. The Balaban J connectivity index is 2.15. The van der Waals surface area contributed by atoms with Crippen LogP contribution in [0.1, 0.15) is 24.7 Å². The van der Waals surface area contributed by atoms with Gasteiger partial charge in [-0.1, -0.05) is 5.16 Å². The van der Waals surface area contributed by atoms with Gasteiger partial charge in [-0.15, -0.1) is 0 Å². The van der Waals surface area contributed by atoms with E-state index in [-0.39, 0.29) is 0 Å². The van der Waals surface area contributed by atoms with E-state index >= 15 is 0 Å². The number of rotatable bonds is 1. The molecular formula is C6H8BrN3O. The van der Waals surface area contributed by atoms with Crippen molar-refractivity contribution in [2.75, 3.05) is 6.54 Å². The summed E-state index contributed by atoms with van der Waals surface area (Å²) in [7, 11) is 0. The zero-order chi connectivity index (χ0) is 7.68. The molecule has 60 valence electrons. The molecule has 1 atom stereocenters. The summed E-state index contributed by atoms with van der Waals surface area (Å²) in [5.41, 5.74) is 0. The Morgan fingerprint density at radius 3 is 3.09 bits per heavy atom. The Kier molecular flexibility index (Phi) is 1.91. The number of nitrogens with zero attached hydrogens (tertiary/aromatic N) is 2. The SMILES string of the molecule is Brc1nc(C2CCCN2)no1. The highest BCUT2D eigenvalue weighted by Gasteiger charge is 2.20. The van der Waals surface area contributed by atoms with E-state index in [0.29, 0.717) is 10.8 Å². The van der Waals surface area contributed by atoms with Crippen molar-refractivity contribution in [1.82, 2.24) is 15.5 Å². The third-order valence-corrected chi connectivity index (χ3v) is 2.11. The van der Waals surface area contributed by atoms with Crippen LogP contribution in [-0.2, 0) is 0 Å². The first-order valence-corrected chi connectivity index (χ1v) is 4.38. The first-order valence-electron chi connectivity index (χ1n) is 3.59. The van der Waals surface area contributed by atoms with E-state index in [9.17, 15) is 0 Å². The van der Waals surface area contributed by atoms with E-state index in [4.69, 9.17) is 4.52 Å². The summed E-state index contributed by atoms with van der Waals surface area (Å²) in [4.78, 5) is 4.53. The van der Waals surface area contributed by atoms with Crippen LogP contribution >= 0.6 is 15.9 Å². The maximum absolute atomic E-state index is 4.79. The zero-order valence-corrected chi connectivity index (χ0v) is 7.47. The fourth-order valence-corrected chi connectivity index (χ4v) is 1.52. The Bertz CT molecular complexity index is 244. The van der Waals surface area contributed by atoms with Crippen LogP contribution in [0.5, 0.6) is 0 Å². The minimum Gasteiger partial charge on any atom is -0.327 e. The average molecular weight is 218 g/mol. The molecule has 1 aromatic heterocycles. The molecule has 1 saturated heterocycles. The van der Waals surface area contributed by atoms with Gasteiger partial charge in [-0.3, -0.25) is 0 Å². The molecule has 0 amide bonds. The van der Waals surface area contributed by atoms with E-state index in [1.54, 1.807) is 0 Å². The van der Waals surface area contributed by atoms with E-state index in [2.05, 4.69) is 31.4 Å². The molecule has 1 aliphatic rings. The zero-order valence-electron chi connectivity index (χ0n) is 5.88. The summed E-state index contributed by atoms with van der Waals surface area (Å²) >= 11 is 3.11. The normalized spacial score (nSPS) is 24.3. The van der Waals surface area contributed by atoms with E-state index in [0.717, 1.165) is 18.8 Å². The Hall–Kier alpha value is -0.420. The third kappa shape index (κ3) is 1.44. The largest absolute Gasteiger partial charge is 0.327 e. The number of nitrogens with one attached hydrogen (secondary N) is 1. The minimum atomic E-state index is 0.296. The second kappa shape index (κ2) is 2.91. The van der Waals surface area contributed by atoms with E-state index in [1.807, 2.05) is 0 Å². The first-order chi connectivity index (χ1) is 5.36. The summed E-state index contributed by atoms with van der Waals surface area (Å²) in [6.45, 7) is 1.05. The smallest absolute Gasteiger partial charge is 0.293 e. The van der Waals surface area contributed by atoms with Crippen LogP contribution < -0.4 is 5.32 Å². The number of halogens is 1. The lowest BCUT2D eigenvalue weighted by molar-refractivity contribution is 0.383. The van der Waals surface area contributed by atoms with Crippen LogP contribution in [0, 0.1) is 0 Å². The molecule has 0 bridgehead atoms. The lowest BCUT2D eigenvalue weighted by Crippen LogP contribution is -2.13. The summed E-state index contributed by atoms with van der Waals surface area (Å²) in [5, 5.41) is 7.08. The second-order valence-electron chi connectivity index (χ2n) is 2.55. The molecule has 0 aromatic carbocycles. The quantitative estimate of drug-likeness (QED) is 0.770. The first kappa shape index (κ1) is 7.24. The van der Waals surface area contributed by atoms with Crippen LogP contribution in [0.2, 0.25) is 0 Å². The van der Waals surface area contributed by atoms with Crippen molar-refractivity contribution in [3.8, 4) is 0 Å². The molecule has 0 aliphatic carbocycles. The van der Waals surface area contributed by atoms with Gasteiger partial charge >= 0.3 is 0 Å². The molecule has 0 spiro atoms. The Labute approximate surface area is 72.5 Å². The van der Waals surface area contributed by atoms with Crippen LogP contribution in [0.3, 0.4) is 0 Å². The van der Waals surface area contributed by atoms with Crippen molar-refractivity contribution >= 4 is 15.9 Å². The lowest BCUT2D eigenvalue weighted by Gasteiger charge is -2.01. The molecule has 1 unspecified atom stereocenters. The fraction of sp³-hybridized carbons (Fsp3) is 0.667. The third-order valence-electron chi connectivity index (χ3n) is 1.79. The number of hydrogen-bond acceptors (Lipinski definition) is 4. The standard InChI is InChI=1S/C6H8BrN3O/c7-6-9-5(10-11-6)4-2-1-3-8-4/h4,8H,1-3H2. The van der Waals surface area contributed by atoms with Crippen LogP contribution in [-0.4, -0.2) is 16.7 Å². The lowest BCUT2D eigenvalue weighted by atomic mass is 10.2. The van der Waals surface area contributed by atoms with Crippen molar-refractivity contribution < 1.29 is 4.52 Å². The van der Waals surface area contributed by atoms with Gasteiger partial charge in [0.05, 0.1) is 6.04 Å². The molecule has 1 aromatic rings. The fourth-order valence-electron chi connectivity index (χ4n) is 1.26. The molecule has 4 nitrogen and oxygen atoms in total. The van der Waals surface area contributed by atoms with Crippen LogP contribution in [0.15, 0.2) is 9.32 Å². The number of aromatic nitrogens is 2. The monoisotopic (exact) mass is 217 g/mol. The van der Waals surface area contributed by atoms with Gasteiger partial charge in [-0.2, -0.15) is 4.98 Å². The summed E-state index contributed by atoms with van der Waals surface area (Å²) in [5.74, 6) is 0.759. The highest BCUT2D eigenvalue weighted by molar-refractivity contribution is 9.10. The highest BCUT2D eigenvalue weighted by atomic mass is 79.9. The molecule has 1 N–H and O–H groups in total. The van der Waals surface area contributed by atoms with Gasteiger partial charge in [0, 0.05) is 15.9 Å². The second-order valence-corrected chi connectivity index (χ2v) is 3.23. The average Bonchev–Trinajstić information content (AvgIpc) is 2.55. The molecule has 5 heteroatoms. The molecule has 1 aliphatic heterocycles. The molecule has 0 radical (unpaired) electrons. The van der Waals surface area contributed by atoms with Crippen LogP contribution in [0.4, 0.5) is 0 Å². The number of hydrogen-bond donors (Lipinski definition) is 1. The molecular weight excluding hydrogens is 210 g/mol. The van der Waals surface area contributed by atoms with Crippen molar-refractivity contribution in [2.45, 2.75) is 18.9 Å². The van der Waals surface area contributed by atoms with Crippen molar-refractivity contribution in [2.24, 2.45) is 0 Å². The highest BCUT2D eigenvalue weighted by Crippen LogP contribution is 2.21.